The summed E-state index contributed by atoms with van der Waals surface area (Å²) >= 11 is 0. The van der Waals surface area contributed by atoms with Crippen molar-refractivity contribution >= 4 is 10.1 Å². The van der Waals surface area contributed by atoms with E-state index in [-0.39, 0.29) is 4.90 Å². The summed E-state index contributed by atoms with van der Waals surface area (Å²) in [4.78, 5) is 0.142. The Bertz CT molecular complexity index is 657. The molecule has 1 aromatic carbocycles. The number of nitrogens with zero attached hydrogens (tertiary/aromatic N) is 2. The molecule has 6 heteroatoms. The van der Waals surface area contributed by atoms with Gasteiger partial charge in [-0.05, 0) is 23.8 Å². The number of benzene rings is 1. The van der Waals surface area contributed by atoms with Crippen molar-refractivity contribution in [1.82, 2.24) is 4.73 Å². The topological polar surface area (TPSA) is 52.2 Å². The second-order valence-corrected chi connectivity index (χ2v) is 5.65. The Hall–Kier alpha value is -1.82. The second-order valence-electron chi connectivity index (χ2n) is 4.12. The maximum Gasteiger partial charge on any atom is 0.376 e. The van der Waals surface area contributed by atoms with E-state index in [2.05, 4.69) is 0 Å². The van der Waals surface area contributed by atoms with Crippen LogP contribution >= 0.6 is 0 Å². The van der Waals surface area contributed by atoms with E-state index < -0.39 is 10.1 Å². The molecule has 0 N–H and O–H groups in total. The van der Waals surface area contributed by atoms with Crippen LogP contribution in [0.4, 0.5) is 0 Å². The van der Waals surface area contributed by atoms with E-state index in [0.717, 1.165) is 5.56 Å². The van der Waals surface area contributed by atoms with Gasteiger partial charge >= 0.3 is 10.1 Å². The Labute approximate surface area is 106 Å². The Balaban J connectivity index is 2.33. The third kappa shape index (κ3) is 2.38. The minimum Gasteiger partial charge on any atom is -0.234 e. The number of hydrogen-bond acceptors (Lipinski definition) is 3. The Morgan fingerprint density at radius 3 is 2.28 bits per heavy atom. The summed E-state index contributed by atoms with van der Waals surface area (Å²) in [5, 5.41) is 0. The molecule has 0 spiro atoms. The number of aryl methyl sites for hydroxylation is 2. The van der Waals surface area contributed by atoms with Gasteiger partial charge in [0.15, 0.2) is 6.20 Å². The van der Waals surface area contributed by atoms with Gasteiger partial charge in [0.25, 0.3) is 5.82 Å². The van der Waals surface area contributed by atoms with Crippen LogP contribution in [0.1, 0.15) is 11.4 Å². The number of rotatable bonds is 3. The highest BCUT2D eigenvalue weighted by molar-refractivity contribution is 7.87. The average molecular weight is 267 g/mol. The molecule has 18 heavy (non-hydrogen) atoms. The van der Waals surface area contributed by atoms with Gasteiger partial charge in [-0.25, -0.2) is 4.57 Å². The van der Waals surface area contributed by atoms with Gasteiger partial charge in [-0.2, -0.15) is 12.7 Å². The zero-order chi connectivity index (χ0) is 13.3. The Morgan fingerprint density at radius 2 is 1.78 bits per heavy atom. The van der Waals surface area contributed by atoms with Crippen LogP contribution < -0.4 is 8.85 Å². The summed E-state index contributed by atoms with van der Waals surface area (Å²) < 4.78 is 32.1. The van der Waals surface area contributed by atoms with Crippen molar-refractivity contribution in [2.75, 3.05) is 0 Å². The number of hydrogen-bond donors (Lipinski definition) is 0. The molecule has 0 aliphatic carbocycles. The van der Waals surface area contributed by atoms with Crippen molar-refractivity contribution in [3.8, 4) is 0 Å². The fourth-order valence-electron chi connectivity index (χ4n) is 1.46. The summed E-state index contributed by atoms with van der Waals surface area (Å²) in [7, 11) is -1.98. The van der Waals surface area contributed by atoms with Gasteiger partial charge < -0.3 is 0 Å². The molecule has 0 aliphatic rings. The highest BCUT2D eigenvalue weighted by Gasteiger charge is 2.22. The molecule has 0 unspecified atom stereocenters. The smallest absolute Gasteiger partial charge is 0.234 e. The molecule has 0 saturated carbocycles. The van der Waals surface area contributed by atoms with Crippen LogP contribution in [0.2, 0.25) is 0 Å². The molecule has 0 aliphatic heterocycles. The summed E-state index contributed by atoms with van der Waals surface area (Å²) in [6.45, 7) is 3.66. The van der Waals surface area contributed by atoms with E-state index in [4.69, 9.17) is 4.28 Å². The van der Waals surface area contributed by atoms with Crippen LogP contribution in [0.25, 0.3) is 0 Å². The van der Waals surface area contributed by atoms with Crippen molar-refractivity contribution in [2.45, 2.75) is 18.7 Å². The summed E-state index contributed by atoms with van der Waals surface area (Å²) in [5.41, 5.74) is 0.998. The van der Waals surface area contributed by atoms with E-state index in [0.29, 0.717) is 5.82 Å². The zero-order valence-corrected chi connectivity index (χ0v) is 11.3. The van der Waals surface area contributed by atoms with Crippen molar-refractivity contribution in [2.24, 2.45) is 7.05 Å². The number of aromatic nitrogens is 2. The molecule has 0 atom stereocenters. The lowest BCUT2D eigenvalue weighted by molar-refractivity contribution is -0.678. The summed E-state index contributed by atoms with van der Waals surface area (Å²) in [5.74, 6) is 0.686. The second kappa shape index (κ2) is 4.45. The van der Waals surface area contributed by atoms with Gasteiger partial charge in [0, 0.05) is 6.92 Å². The van der Waals surface area contributed by atoms with Crippen LogP contribution in [-0.2, 0) is 17.2 Å². The molecule has 1 heterocycles. The van der Waals surface area contributed by atoms with Gasteiger partial charge in [0.05, 0.1) is 7.05 Å². The van der Waals surface area contributed by atoms with Gasteiger partial charge in [0.2, 0.25) is 0 Å². The van der Waals surface area contributed by atoms with Crippen LogP contribution in [0.15, 0.2) is 41.6 Å². The molecule has 96 valence electrons. The van der Waals surface area contributed by atoms with Gasteiger partial charge in [0.1, 0.15) is 11.1 Å². The third-order valence-electron chi connectivity index (χ3n) is 2.74. The lowest BCUT2D eigenvalue weighted by Crippen LogP contribution is -2.32. The minimum absolute atomic E-state index is 0.142. The quantitative estimate of drug-likeness (QED) is 0.771. The molecule has 2 aromatic rings. The number of imidazole rings is 1. The fourth-order valence-corrected chi connectivity index (χ4v) is 2.39. The van der Waals surface area contributed by atoms with E-state index in [1.807, 2.05) is 14.0 Å². The van der Waals surface area contributed by atoms with Crippen molar-refractivity contribution < 1.29 is 17.3 Å². The van der Waals surface area contributed by atoms with Crippen molar-refractivity contribution in [1.29, 1.82) is 0 Å². The molecule has 1 aromatic heterocycles. The Kier molecular flexibility index (Phi) is 3.13. The van der Waals surface area contributed by atoms with Crippen LogP contribution in [0, 0.1) is 13.8 Å². The summed E-state index contributed by atoms with van der Waals surface area (Å²) in [6, 6.07) is 6.53. The lowest BCUT2D eigenvalue weighted by Gasteiger charge is -2.03. The monoisotopic (exact) mass is 267 g/mol. The minimum atomic E-state index is -3.79. The molecular weight excluding hydrogens is 252 g/mol. The van der Waals surface area contributed by atoms with Gasteiger partial charge in [-0.3, -0.25) is 0 Å². The van der Waals surface area contributed by atoms with E-state index in [1.165, 1.54) is 16.9 Å². The molecular formula is C12H15N2O3S+. The van der Waals surface area contributed by atoms with Crippen molar-refractivity contribution in [3.63, 3.8) is 0 Å². The molecule has 0 radical (unpaired) electrons. The lowest BCUT2D eigenvalue weighted by atomic mass is 10.2. The van der Waals surface area contributed by atoms with Gasteiger partial charge in [-0.15, -0.1) is 0 Å². The molecule has 2 rings (SSSR count). The average Bonchev–Trinajstić information content (AvgIpc) is 2.61. The highest BCUT2D eigenvalue weighted by Crippen LogP contribution is 2.11. The molecule has 0 fully saturated rings. The van der Waals surface area contributed by atoms with Crippen LogP contribution in [0.3, 0.4) is 0 Å². The largest absolute Gasteiger partial charge is 0.376 e. The zero-order valence-electron chi connectivity index (χ0n) is 10.5. The first-order valence-corrected chi connectivity index (χ1v) is 6.86. The molecule has 0 bridgehead atoms. The Morgan fingerprint density at radius 1 is 1.17 bits per heavy atom. The first-order valence-electron chi connectivity index (χ1n) is 5.45. The predicted molar refractivity (Wildman–Crippen MR) is 65.3 cm³/mol. The maximum atomic E-state index is 12.0. The fraction of sp³-hybridized carbons (Fsp3) is 0.250. The standard InChI is InChI=1S/C12H15N2O3S/c1-10-4-6-12(7-5-10)18(15,16)17-14-9-8-13(3)11(14)2/h4-9H,1-3H3/q+1. The van der Waals surface area contributed by atoms with E-state index in [1.54, 1.807) is 36.0 Å². The molecule has 0 saturated heterocycles. The van der Waals surface area contributed by atoms with Crippen LogP contribution in [0.5, 0.6) is 0 Å². The predicted octanol–water partition coefficient (Wildman–Crippen LogP) is 0.747. The third-order valence-corrected chi connectivity index (χ3v) is 3.95. The summed E-state index contributed by atoms with van der Waals surface area (Å²) in [6.07, 6.45) is 3.28. The SMILES string of the molecule is Cc1ccc(S(=O)(=O)On2cc[n+](C)c2C)cc1. The first-order chi connectivity index (χ1) is 8.40. The van der Waals surface area contributed by atoms with Gasteiger partial charge in [-0.1, -0.05) is 17.7 Å². The maximum absolute atomic E-state index is 12.0. The van der Waals surface area contributed by atoms with E-state index in [9.17, 15) is 8.42 Å². The normalized spacial score (nSPS) is 11.5. The molecule has 5 nitrogen and oxygen atoms in total. The van der Waals surface area contributed by atoms with Crippen LogP contribution in [-0.4, -0.2) is 13.1 Å². The highest BCUT2D eigenvalue weighted by atomic mass is 32.2. The van der Waals surface area contributed by atoms with Crippen molar-refractivity contribution in [3.05, 3.63) is 48.0 Å². The van der Waals surface area contributed by atoms with E-state index >= 15 is 0 Å². The molecule has 0 amide bonds. The first kappa shape index (κ1) is 12.6.